The van der Waals surface area contributed by atoms with E-state index in [1.807, 2.05) is 24.3 Å². The van der Waals surface area contributed by atoms with E-state index in [4.69, 9.17) is 10.6 Å². The fourth-order valence-corrected chi connectivity index (χ4v) is 1.77. The van der Waals surface area contributed by atoms with Crippen molar-refractivity contribution in [2.75, 3.05) is 7.11 Å². The van der Waals surface area contributed by atoms with Crippen LogP contribution in [0.5, 0.6) is 5.75 Å². The molecule has 0 amide bonds. The van der Waals surface area contributed by atoms with Gasteiger partial charge in [-0.25, -0.2) is 9.82 Å². The Morgan fingerprint density at radius 3 is 2.50 bits per heavy atom. The summed E-state index contributed by atoms with van der Waals surface area (Å²) in [6.45, 7) is 0. The summed E-state index contributed by atoms with van der Waals surface area (Å²) >= 11 is 0. The van der Waals surface area contributed by atoms with Crippen LogP contribution in [-0.4, -0.2) is 12.1 Å². The predicted octanol–water partition coefficient (Wildman–Crippen LogP) is 1.78. The van der Waals surface area contributed by atoms with Gasteiger partial charge in [-0.3, -0.25) is 10.8 Å². The summed E-state index contributed by atoms with van der Waals surface area (Å²) in [5.41, 5.74) is 4.23. The molecule has 0 radical (unpaired) electrons. The summed E-state index contributed by atoms with van der Waals surface area (Å²) in [5.74, 6) is 5.89. The van der Waals surface area contributed by atoms with Crippen molar-refractivity contribution in [3.8, 4) is 5.75 Å². The maximum atomic E-state index is 13.1. The highest BCUT2D eigenvalue weighted by Gasteiger charge is 2.13. The van der Waals surface area contributed by atoms with Crippen LogP contribution >= 0.6 is 0 Å². The Labute approximate surface area is 105 Å². The first-order valence-corrected chi connectivity index (χ1v) is 5.45. The van der Waals surface area contributed by atoms with Crippen molar-refractivity contribution in [3.05, 3.63) is 59.7 Å². The average molecular weight is 247 g/mol. The van der Waals surface area contributed by atoms with Crippen LogP contribution in [0.15, 0.2) is 42.7 Å². The van der Waals surface area contributed by atoms with Gasteiger partial charge in [-0.15, -0.1) is 0 Å². The van der Waals surface area contributed by atoms with Crippen LogP contribution in [0.3, 0.4) is 0 Å². The van der Waals surface area contributed by atoms with Crippen molar-refractivity contribution in [3.63, 3.8) is 0 Å². The highest BCUT2D eigenvalue weighted by molar-refractivity contribution is 5.34. The van der Waals surface area contributed by atoms with Crippen molar-refractivity contribution in [2.45, 2.75) is 6.04 Å². The molecule has 1 aromatic carbocycles. The molecule has 3 N–H and O–H groups in total. The second-order valence-corrected chi connectivity index (χ2v) is 3.81. The number of benzene rings is 1. The average Bonchev–Trinajstić information content (AvgIpc) is 2.40. The number of methoxy groups -OCH3 is 1. The number of aromatic nitrogens is 1. The normalized spacial score (nSPS) is 12.2. The van der Waals surface area contributed by atoms with Gasteiger partial charge < -0.3 is 4.74 Å². The van der Waals surface area contributed by atoms with Crippen LogP contribution in [0.1, 0.15) is 17.2 Å². The number of hydrazine groups is 1. The van der Waals surface area contributed by atoms with Crippen molar-refractivity contribution in [1.82, 2.24) is 10.4 Å². The minimum absolute atomic E-state index is 0.306. The number of nitrogens with two attached hydrogens (primary N) is 1. The van der Waals surface area contributed by atoms with Crippen LogP contribution in [0.25, 0.3) is 0 Å². The number of rotatable bonds is 4. The smallest absolute Gasteiger partial charge is 0.141 e. The molecule has 94 valence electrons. The lowest BCUT2D eigenvalue weighted by molar-refractivity contribution is 0.414. The number of halogens is 1. The van der Waals surface area contributed by atoms with Gasteiger partial charge in [0, 0.05) is 6.20 Å². The van der Waals surface area contributed by atoms with E-state index in [0.29, 0.717) is 5.56 Å². The van der Waals surface area contributed by atoms with Gasteiger partial charge in [-0.1, -0.05) is 12.1 Å². The molecule has 2 aromatic rings. The first kappa shape index (κ1) is 12.5. The second-order valence-electron chi connectivity index (χ2n) is 3.81. The van der Waals surface area contributed by atoms with Crippen molar-refractivity contribution in [2.24, 2.45) is 5.84 Å². The van der Waals surface area contributed by atoms with Gasteiger partial charge >= 0.3 is 0 Å². The lowest BCUT2D eigenvalue weighted by Crippen LogP contribution is -2.29. The summed E-state index contributed by atoms with van der Waals surface area (Å²) in [4.78, 5) is 3.82. The topological polar surface area (TPSA) is 60.2 Å². The lowest BCUT2D eigenvalue weighted by Gasteiger charge is -2.16. The van der Waals surface area contributed by atoms with Gasteiger partial charge in [0.05, 0.1) is 19.3 Å². The van der Waals surface area contributed by atoms with E-state index in [2.05, 4.69) is 10.4 Å². The molecule has 0 fully saturated rings. The van der Waals surface area contributed by atoms with E-state index < -0.39 is 0 Å². The van der Waals surface area contributed by atoms with Crippen LogP contribution in [0.2, 0.25) is 0 Å². The first-order chi connectivity index (χ1) is 8.74. The van der Waals surface area contributed by atoms with E-state index in [9.17, 15) is 4.39 Å². The molecule has 0 saturated heterocycles. The Hall–Kier alpha value is -1.98. The van der Waals surface area contributed by atoms with Crippen LogP contribution < -0.4 is 16.0 Å². The van der Waals surface area contributed by atoms with Gasteiger partial charge in [0.2, 0.25) is 0 Å². The summed E-state index contributed by atoms with van der Waals surface area (Å²) in [6.07, 6.45) is 2.74. The number of hydrogen-bond acceptors (Lipinski definition) is 4. The van der Waals surface area contributed by atoms with Crippen LogP contribution in [0.4, 0.5) is 4.39 Å². The molecule has 0 bridgehead atoms. The zero-order chi connectivity index (χ0) is 13.0. The summed E-state index contributed by atoms with van der Waals surface area (Å²) in [5, 5.41) is 0. The molecule has 0 saturated carbocycles. The molecule has 1 atom stereocenters. The van der Waals surface area contributed by atoms with E-state index in [-0.39, 0.29) is 11.9 Å². The van der Waals surface area contributed by atoms with Crippen molar-refractivity contribution < 1.29 is 9.13 Å². The van der Waals surface area contributed by atoms with Crippen molar-refractivity contribution >= 4 is 0 Å². The second kappa shape index (κ2) is 5.57. The molecule has 0 aliphatic carbocycles. The SMILES string of the molecule is COc1ccc(C(NN)c2cncc(F)c2)cc1. The van der Waals surface area contributed by atoms with E-state index in [1.54, 1.807) is 13.3 Å². The third-order valence-electron chi connectivity index (χ3n) is 2.68. The van der Waals surface area contributed by atoms with Gasteiger partial charge in [-0.05, 0) is 29.3 Å². The highest BCUT2D eigenvalue weighted by atomic mass is 19.1. The minimum atomic E-state index is -0.388. The molecule has 18 heavy (non-hydrogen) atoms. The molecule has 2 rings (SSSR count). The third kappa shape index (κ3) is 2.64. The van der Waals surface area contributed by atoms with Gasteiger partial charge in [0.25, 0.3) is 0 Å². The maximum absolute atomic E-state index is 13.1. The monoisotopic (exact) mass is 247 g/mol. The molecule has 4 nitrogen and oxygen atoms in total. The highest BCUT2D eigenvalue weighted by Crippen LogP contribution is 2.23. The summed E-state index contributed by atoms with van der Waals surface area (Å²) < 4.78 is 18.2. The molecule has 1 unspecified atom stereocenters. The van der Waals surface area contributed by atoms with E-state index in [1.165, 1.54) is 6.07 Å². The van der Waals surface area contributed by atoms with Crippen molar-refractivity contribution in [1.29, 1.82) is 0 Å². The Morgan fingerprint density at radius 1 is 1.22 bits per heavy atom. The zero-order valence-electron chi connectivity index (χ0n) is 9.93. The molecular weight excluding hydrogens is 233 g/mol. The molecule has 0 aliphatic heterocycles. The van der Waals surface area contributed by atoms with Gasteiger partial charge in [-0.2, -0.15) is 0 Å². The lowest BCUT2D eigenvalue weighted by atomic mass is 10.0. The maximum Gasteiger partial charge on any atom is 0.141 e. The fraction of sp³-hybridized carbons (Fsp3) is 0.154. The van der Waals surface area contributed by atoms with Gasteiger partial charge in [0.15, 0.2) is 0 Å². The first-order valence-electron chi connectivity index (χ1n) is 5.45. The Morgan fingerprint density at radius 2 is 1.94 bits per heavy atom. The number of hydrogen-bond donors (Lipinski definition) is 2. The molecule has 5 heteroatoms. The van der Waals surface area contributed by atoms with Crippen LogP contribution in [-0.2, 0) is 0 Å². The van der Waals surface area contributed by atoms with Gasteiger partial charge in [0.1, 0.15) is 11.6 Å². The Kier molecular flexibility index (Phi) is 3.86. The summed E-state index contributed by atoms with van der Waals surface area (Å²) in [6, 6.07) is 8.49. The number of ether oxygens (including phenoxy) is 1. The largest absolute Gasteiger partial charge is 0.497 e. The molecule has 1 aromatic heterocycles. The quantitative estimate of drug-likeness (QED) is 0.638. The van der Waals surface area contributed by atoms with E-state index >= 15 is 0 Å². The zero-order valence-corrected chi connectivity index (χ0v) is 9.93. The number of pyridine rings is 1. The third-order valence-corrected chi connectivity index (χ3v) is 2.68. The molecular formula is C13H14FN3O. The molecule has 1 heterocycles. The predicted molar refractivity (Wildman–Crippen MR) is 66.4 cm³/mol. The Balaban J connectivity index is 2.32. The number of nitrogens with one attached hydrogen (secondary N) is 1. The standard InChI is InChI=1S/C13H14FN3O/c1-18-12-4-2-9(3-5-12)13(17-15)10-6-11(14)8-16-7-10/h2-8,13,17H,15H2,1H3. The summed E-state index contributed by atoms with van der Waals surface area (Å²) in [7, 11) is 1.60. The molecule has 0 aliphatic rings. The fourth-order valence-electron chi connectivity index (χ4n) is 1.77. The number of nitrogens with zero attached hydrogens (tertiary/aromatic N) is 1. The Bertz CT molecular complexity index is 516. The molecule has 0 spiro atoms. The minimum Gasteiger partial charge on any atom is -0.497 e. The van der Waals surface area contributed by atoms with Crippen LogP contribution in [0, 0.1) is 5.82 Å². The van der Waals surface area contributed by atoms with E-state index in [0.717, 1.165) is 17.5 Å².